The van der Waals surface area contributed by atoms with Gasteiger partial charge in [0.2, 0.25) is 5.91 Å². The molecule has 2 N–H and O–H groups in total. The highest BCUT2D eigenvalue weighted by Gasteiger charge is 2.09. The predicted molar refractivity (Wildman–Crippen MR) is 117 cm³/mol. The van der Waals surface area contributed by atoms with E-state index in [4.69, 9.17) is 9.47 Å². The fourth-order valence-electron chi connectivity index (χ4n) is 3.08. The van der Waals surface area contributed by atoms with E-state index >= 15 is 0 Å². The highest BCUT2D eigenvalue weighted by atomic mass is 16.5. The Labute approximate surface area is 171 Å². The molecule has 0 aromatic heterocycles. The predicted octanol–water partition coefficient (Wildman–Crippen LogP) is 4.81. The van der Waals surface area contributed by atoms with Crippen LogP contribution in [0.1, 0.15) is 16.7 Å². The first kappa shape index (κ1) is 20.3. The maximum atomic E-state index is 12.4. The molecule has 3 aromatic rings. The summed E-state index contributed by atoms with van der Waals surface area (Å²) in [7, 11) is 3.17. The fraction of sp³-hybridized carbons (Fsp3) is 0.208. The summed E-state index contributed by atoms with van der Waals surface area (Å²) in [5.74, 6) is 1.17. The summed E-state index contributed by atoms with van der Waals surface area (Å²) in [5, 5.41) is 6.32. The molecule has 5 nitrogen and oxygen atoms in total. The van der Waals surface area contributed by atoms with Crippen LogP contribution in [-0.2, 0) is 17.8 Å². The van der Waals surface area contributed by atoms with Crippen LogP contribution in [0.4, 0.5) is 11.4 Å². The first-order valence-corrected chi connectivity index (χ1v) is 9.47. The number of benzene rings is 3. The average molecular weight is 390 g/mol. The zero-order valence-electron chi connectivity index (χ0n) is 17.0. The Morgan fingerprint density at radius 2 is 1.55 bits per heavy atom. The number of nitrogens with one attached hydrogen (secondary N) is 2. The van der Waals surface area contributed by atoms with Gasteiger partial charge in [-0.3, -0.25) is 4.79 Å². The molecule has 0 unspecified atom stereocenters. The molecule has 0 aliphatic carbocycles. The number of ether oxygens (including phenoxy) is 2. The minimum atomic E-state index is -0.0855. The smallest absolute Gasteiger partial charge is 0.228 e. The van der Waals surface area contributed by atoms with Crippen LogP contribution in [0.3, 0.4) is 0 Å². The zero-order valence-corrected chi connectivity index (χ0v) is 17.0. The summed E-state index contributed by atoms with van der Waals surface area (Å²) in [6.45, 7) is 2.84. The molecule has 0 aliphatic heterocycles. The molecule has 3 aromatic carbocycles. The SMILES string of the molecule is COc1ccc(CC(=O)Nc2ccc(NCc3cccc(C)c3)cc2)cc1OC. The van der Waals surface area contributed by atoms with Crippen LogP contribution < -0.4 is 20.1 Å². The van der Waals surface area contributed by atoms with Gasteiger partial charge in [0.1, 0.15) is 0 Å². The van der Waals surface area contributed by atoms with Gasteiger partial charge in [-0.1, -0.05) is 35.9 Å². The number of aryl methyl sites for hydroxylation is 1. The standard InChI is InChI=1S/C24H26N2O3/c1-17-5-4-6-19(13-17)16-25-20-8-10-21(11-9-20)26-24(27)15-18-7-12-22(28-2)23(14-18)29-3/h4-14,25H,15-16H2,1-3H3,(H,26,27). The number of hydrogen-bond donors (Lipinski definition) is 2. The van der Waals surface area contributed by atoms with E-state index in [9.17, 15) is 4.79 Å². The first-order valence-electron chi connectivity index (χ1n) is 9.47. The van der Waals surface area contributed by atoms with Gasteiger partial charge in [0, 0.05) is 17.9 Å². The van der Waals surface area contributed by atoms with Crippen molar-refractivity contribution < 1.29 is 14.3 Å². The number of carbonyl (C=O) groups excluding carboxylic acids is 1. The van der Waals surface area contributed by atoms with Gasteiger partial charge in [-0.2, -0.15) is 0 Å². The van der Waals surface area contributed by atoms with E-state index in [1.165, 1.54) is 11.1 Å². The molecule has 0 heterocycles. The fourth-order valence-corrected chi connectivity index (χ4v) is 3.08. The van der Waals surface area contributed by atoms with Gasteiger partial charge in [0.15, 0.2) is 11.5 Å². The Morgan fingerprint density at radius 3 is 2.24 bits per heavy atom. The van der Waals surface area contributed by atoms with Gasteiger partial charge in [0.25, 0.3) is 0 Å². The number of amides is 1. The van der Waals surface area contributed by atoms with E-state index in [0.717, 1.165) is 23.5 Å². The second-order valence-electron chi connectivity index (χ2n) is 6.83. The molecule has 0 atom stereocenters. The molecule has 5 heteroatoms. The van der Waals surface area contributed by atoms with Crippen LogP contribution in [0.15, 0.2) is 66.7 Å². The van der Waals surface area contributed by atoms with Crippen molar-refractivity contribution in [3.05, 3.63) is 83.4 Å². The number of anilines is 2. The third-order valence-electron chi connectivity index (χ3n) is 4.56. The third-order valence-corrected chi connectivity index (χ3v) is 4.56. The van der Waals surface area contributed by atoms with Crippen LogP contribution in [0, 0.1) is 6.92 Å². The summed E-state index contributed by atoms with van der Waals surface area (Å²) in [6.07, 6.45) is 0.258. The quantitative estimate of drug-likeness (QED) is 0.580. The highest BCUT2D eigenvalue weighted by molar-refractivity contribution is 5.92. The van der Waals surface area contributed by atoms with Crippen molar-refractivity contribution in [1.29, 1.82) is 0 Å². The van der Waals surface area contributed by atoms with Gasteiger partial charge >= 0.3 is 0 Å². The molecular weight excluding hydrogens is 364 g/mol. The third kappa shape index (κ3) is 5.75. The molecule has 1 amide bonds. The number of carbonyl (C=O) groups is 1. The molecule has 0 aliphatic rings. The van der Waals surface area contributed by atoms with Crippen molar-refractivity contribution >= 4 is 17.3 Å². The molecule has 0 spiro atoms. The zero-order chi connectivity index (χ0) is 20.6. The lowest BCUT2D eigenvalue weighted by Gasteiger charge is -2.11. The van der Waals surface area contributed by atoms with Crippen molar-refractivity contribution in [3.63, 3.8) is 0 Å². The van der Waals surface area contributed by atoms with Crippen molar-refractivity contribution in [2.75, 3.05) is 24.9 Å². The number of hydrogen-bond acceptors (Lipinski definition) is 4. The monoisotopic (exact) mass is 390 g/mol. The Bertz CT molecular complexity index is 968. The summed E-state index contributed by atoms with van der Waals surface area (Å²) >= 11 is 0. The minimum Gasteiger partial charge on any atom is -0.493 e. The second-order valence-corrected chi connectivity index (χ2v) is 6.83. The number of methoxy groups -OCH3 is 2. The lowest BCUT2D eigenvalue weighted by Crippen LogP contribution is -2.14. The van der Waals surface area contributed by atoms with Crippen molar-refractivity contribution in [2.24, 2.45) is 0 Å². The summed E-state index contributed by atoms with van der Waals surface area (Å²) in [5.41, 5.74) is 5.10. The molecule has 0 fully saturated rings. The molecule has 0 bridgehead atoms. The molecule has 0 saturated heterocycles. The maximum absolute atomic E-state index is 12.4. The van der Waals surface area contributed by atoms with Gasteiger partial charge in [-0.25, -0.2) is 0 Å². The summed E-state index contributed by atoms with van der Waals surface area (Å²) < 4.78 is 10.5. The van der Waals surface area contributed by atoms with E-state index in [2.05, 4.69) is 41.8 Å². The second kappa shape index (κ2) is 9.64. The lowest BCUT2D eigenvalue weighted by atomic mass is 10.1. The van der Waals surface area contributed by atoms with Crippen molar-refractivity contribution in [2.45, 2.75) is 19.9 Å². The van der Waals surface area contributed by atoms with Crippen LogP contribution in [0.5, 0.6) is 11.5 Å². The molecule has 0 radical (unpaired) electrons. The summed E-state index contributed by atoms with van der Waals surface area (Å²) in [6, 6.07) is 21.6. The van der Waals surface area contributed by atoms with Crippen LogP contribution in [0.2, 0.25) is 0 Å². The molecule has 0 saturated carbocycles. The largest absolute Gasteiger partial charge is 0.493 e. The van der Waals surface area contributed by atoms with Crippen LogP contribution >= 0.6 is 0 Å². The minimum absolute atomic E-state index is 0.0855. The highest BCUT2D eigenvalue weighted by Crippen LogP contribution is 2.27. The topological polar surface area (TPSA) is 59.6 Å². The van der Waals surface area contributed by atoms with E-state index in [0.29, 0.717) is 11.5 Å². The van der Waals surface area contributed by atoms with Gasteiger partial charge in [0.05, 0.1) is 20.6 Å². The Balaban J connectivity index is 1.54. The summed E-state index contributed by atoms with van der Waals surface area (Å²) in [4.78, 5) is 12.4. The van der Waals surface area contributed by atoms with E-state index < -0.39 is 0 Å². The maximum Gasteiger partial charge on any atom is 0.228 e. The van der Waals surface area contributed by atoms with Crippen molar-refractivity contribution in [3.8, 4) is 11.5 Å². The van der Waals surface area contributed by atoms with E-state index in [1.54, 1.807) is 20.3 Å². The van der Waals surface area contributed by atoms with Crippen LogP contribution in [-0.4, -0.2) is 20.1 Å². The van der Waals surface area contributed by atoms with Gasteiger partial charge < -0.3 is 20.1 Å². The Hall–Kier alpha value is -3.47. The van der Waals surface area contributed by atoms with Gasteiger partial charge in [-0.15, -0.1) is 0 Å². The molecule has 29 heavy (non-hydrogen) atoms. The Kier molecular flexibility index (Phi) is 6.74. The van der Waals surface area contributed by atoms with Gasteiger partial charge in [-0.05, 0) is 54.4 Å². The average Bonchev–Trinajstić information content (AvgIpc) is 2.73. The lowest BCUT2D eigenvalue weighted by molar-refractivity contribution is -0.115. The molecule has 150 valence electrons. The normalized spacial score (nSPS) is 10.3. The van der Waals surface area contributed by atoms with E-state index in [-0.39, 0.29) is 12.3 Å². The van der Waals surface area contributed by atoms with E-state index in [1.807, 2.05) is 36.4 Å². The number of rotatable bonds is 8. The van der Waals surface area contributed by atoms with Crippen molar-refractivity contribution in [1.82, 2.24) is 0 Å². The molecular formula is C24H26N2O3. The van der Waals surface area contributed by atoms with Crippen LogP contribution in [0.25, 0.3) is 0 Å². The molecule has 3 rings (SSSR count). The first-order chi connectivity index (χ1) is 14.1. The Morgan fingerprint density at radius 1 is 0.828 bits per heavy atom.